The number of thiazole rings is 1. The van der Waals surface area contributed by atoms with Gasteiger partial charge in [0, 0.05) is 46.1 Å². The molecule has 1 unspecified atom stereocenters. The number of nitrogens with zero attached hydrogens (tertiary/aromatic N) is 2. The molecule has 1 aliphatic heterocycles. The maximum atomic E-state index is 15.3. The van der Waals surface area contributed by atoms with Crippen molar-refractivity contribution in [1.82, 2.24) is 9.88 Å². The number of hydrogen-bond acceptors (Lipinski definition) is 8. The lowest BCUT2D eigenvalue weighted by atomic mass is 10.1. The summed E-state index contributed by atoms with van der Waals surface area (Å²) < 4.78 is 22.1. The molecule has 1 fully saturated rings. The maximum Gasteiger partial charge on any atom is 0.303 e. The second kappa shape index (κ2) is 13.4. The molecule has 42 heavy (non-hydrogen) atoms. The largest absolute Gasteiger partial charge is 0.481 e. The van der Waals surface area contributed by atoms with Crippen LogP contribution in [-0.4, -0.2) is 52.0 Å². The number of fused-ring (bicyclic) bond motifs is 1. The smallest absolute Gasteiger partial charge is 0.303 e. The quantitative estimate of drug-likeness (QED) is 0.179. The van der Waals surface area contributed by atoms with E-state index >= 15 is 4.39 Å². The van der Waals surface area contributed by atoms with Crippen LogP contribution < -0.4 is 5.32 Å². The van der Waals surface area contributed by atoms with Crippen molar-refractivity contribution in [3.63, 3.8) is 0 Å². The maximum absolute atomic E-state index is 15.3. The molecule has 2 atom stereocenters. The molecule has 5 rings (SSSR count). The average molecular weight is 630 g/mol. The SMILES string of the molecule is CCOC(C(=O)Cc1cc(Cl)c(NC(=O)c2csc3ccccc23)cc1F)N1CCC[C@H]1c1ncc(CCC(=O)O)s1. The minimum atomic E-state index is -0.904. The summed E-state index contributed by atoms with van der Waals surface area (Å²) in [4.78, 5) is 44.8. The number of carbonyl (C=O) groups is 3. The van der Waals surface area contributed by atoms with Gasteiger partial charge in [-0.3, -0.25) is 19.3 Å². The second-order valence-corrected chi connectivity index (χ2v) is 12.4. The minimum absolute atomic E-state index is 0.0254. The zero-order valence-electron chi connectivity index (χ0n) is 22.8. The average Bonchev–Trinajstić information content (AvgIpc) is 3.72. The third-order valence-corrected chi connectivity index (χ3v) is 9.55. The summed E-state index contributed by atoms with van der Waals surface area (Å²) in [6.07, 6.45) is 2.57. The number of anilines is 1. The van der Waals surface area contributed by atoms with Gasteiger partial charge >= 0.3 is 5.97 Å². The van der Waals surface area contributed by atoms with Gasteiger partial charge in [-0.05, 0) is 49.9 Å². The number of aryl methyl sites for hydroxylation is 1. The molecule has 0 aliphatic carbocycles. The molecule has 3 heterocycles. The van der Waals surface area contributed by atoms with Crippen LogP contribution in [0, 0.1) is 5.82 Å². The Morgan fingerprint density at radius 2 is 2.10 bits per heavy atom. The number of ketones is 1. The van der Waals surface area contributed by atoms with Crippen LogP contribution in [0.4, 0.5) is 10.1 Å². The molecule has 0 spiro atoms. The number of carboxylic acids is 1. The topological polar surface area (TPSA) is 109 Å². The molecule has 1 amide bonds. The summed E-state index contributed by atoms with van der Waals surface area (Å²) in [5.74, 6) is -2.24. The van der Waals surface area contributed by atoms with Gasteiger partial charge in [-0.25, -0.2) is 9.37 Å². The standard InChI is InChI=1S/C30H29ClFN3O5S2/c1-2-40-30(35-11-5-7-24(35)29-33-15-18(42-29)9-10-27(37)38)25(36)13-17-12-21(31)23(14-22(17)32)34-28(39)20-16-41-26-8-4-3-6-19(20)26/h3-4,6,8,12,14-16,24,30H,2,5,7,9-11,13H2,1H3,(H,34,39)(H,37,38)/t24-,30?/m0/s1. The summed E-state index contributed by atoms with van der Waals surface area (Å²) in [7, 11) is 0. The zero-order valence-corrected chi connectivity index (χ0v) is 25.2. The number of carboxylic acid groups (broad SMARTS) is 1. The van der Waals surface area contributed by atoms with E-state index in [4.69, 9.17) is 21.4 Å². The minimum Gasteiger partial charge on any atom is -0.481 e. The van der Waals surface area contributed by atoms with Crippen LogP contribution >= 0.6 is 34.3 Å². The molecule has 2 aromatic carbocycles. The lowest BCUT2D eigenvalue weighted by Crippen LogP contribution is -2.43. The molecule has 2 aromatic heterocycles. The molecule has 0 saturated carbocycles. The predicted octanol–water partition coefficient (Wildman–Crippen LogP) is 6.73. The van der Waals surface area contributed by atoms with Gasteiger partial charge in [-0.1, -0.05) is 29.8 Å². The molecule has 0 radical (unpaired) electrons. The monoisotopic (exact) mass is 629 g/mol. The Bertz CT molecular complexity index is 1620. The summed E-state index contributed by atoms with van der Waals surface area (Å²) >= 11 is 9.34. The van der Waals surface area contributed by atoms with E-state index in [0.717, 1.165) is 38.9 Å². The van der Waals surface area contributed by atoms with Crippen molar-refractivity contribution in [1.29, 1.82) is 0 Å². The van der Waals surface area contributed by atoms with E-state index in [1.807, 2.05) is 29.2 Å². The molecule has 4 aromatic rings. The van der Waals surface area contributed by atoms with Gasteiger partial charge in [0.2, 0.25) is 0 Å². The highest BCUT2D eigenvalue weighted by atomic mass is 35.5. The van der Waals surface area contributed by atoms with Gasteiger partial charge in [0.15, 0.2) is 12.0 Å². The van der Waals surface area contributed by atoms with Gasteiger partial charge in [-0.2, -0.15) is 0 Å². The van der Waals surface area contributed by atoms with Crippen LogP contribution in [0.5, 0.6) is 0 Å². The molecule has 0 bridgehead atoms. The van der Waals surface area contributed by atoms with E-state index < -0.39 is 23.9 Å². The van der Waals surface area contributed by atoms with E-state index in [0.29, 0.717) is 18.5 Å². The van der Waals surface area contributed by atoms with Gasteiger partial charge in [0.25, 0.3) is 5.91 Å². The second-order valence-electron chi connectivity index (χ2n) is 9.93. The highest BCUT2D eigenvalue weighted by Gasteiger charge is 2.37. The number of thiophene rings is 1. The van der Waals surface area contributed by atoms with Crippen molar-refractivity contribution in [2.45, 2.75) is 51.3 Å². The van der Waals surface area contributed by atoms with Crippen molar-refractivity contribution in [3.8, 4) is 0 Å². The first-order chi connectivity index (χ1) is 20.2. The lowest BCUT2D eigenvalue weighted by Gasteiger charge is -2.30. The van der Waals surface area contributed by atoms with E-state index in [2.05, 4.69) is 10.3 Å². The number of Topliss-reactive ketones (excluding diaryl/α,β-unsaturated/α-hetero) is 1. The van der Waals surface area contributed by atoms with Crippen LogP contribution in [0.15, 0.2) is 48.0 Å². The number of benzene rings is 2. The highest BCUT2D eigenvalue weighted by Crippen LogP contribution is 2.37. The van der Waals surface area contributed by atoms with E-state index in [9.17, 15) is 14.4 Å². The summed E-state index contributed by atoms with van der Waals surface area (Å²) in [5.41, 5.74) is 0.698. The van der Waals surface area contributed by atoms with Crippen LogP contribution in [0.25, 0.3) is 10.1 Å². The molecular formula is C30H29ClFN3O5S2. The Labute approximate surface area is 255 Å². The van der Waals surface area contributed by atoms with Crippen LogP contribution in [0.2, 0.25) is 5.02 Å². The third-order valence-electron chi connectivity index (χ3n) is 7.11. The first-order valence-corrected chi connectivity index (χ1v) is 15.6. The predicted molar refractivity (Wildman–Crippen MR) is 162 cm³/mol. The number of ether oxygens (including phenoxy) is 1. The van der Waals surface area contributed by atoms with Gasteiger partial charge in [0.05, 0.1) is 28.7 Å². The zero-order chi connectivity index (χ0) is 29.8. The number of halogens is 2. The normalized spacial score (nSPS) is 16.1. The number of nitrogens with one attached hydrogen (secondary N) is 1. The van der Waals surface area contributed by atoms with Crippen LogP contribution in [0.3, 0.4) is 0 Å². The summed E-state index contributed by atoms with van der Waals surface area (Å²) in [5, 5.41) is 15.2. The fraction of sp³-hybridized carbons (Fsp3) is 0.333. The fourth-order valence-electron chi connectivity index (χ4n) is 5.13. The van der Waals surface area contributed by atoms with Crippen molar-refractivity contribution in [3.05, 3.63) is 79.8 Å². The lowest BCUT2D eigenvalue weighted by molar-refractivity contribution is -0.144. The fourth-order valence-corrected chi connectivity index (χ4v) is 7.37. The first kappa shape index (κ1) is 30.2. The van der Waals surface area contributed by atoms with E-state index in [1.54, 1.807) is 18.5 Å². The Kier molecular flexibility index (Phi) is 9.64. The Balaban J connectivity index is 1.30. The Morgan fingerprint density at radius 3 is 2.88 bits per heavy atom. The first-order valence-electron chi connectivity index (χ1n) is 13.6. The molecular weight excluding hydrogens is 601 g/mol. The van der Waals surface area contributed by atoms with Crippen molar-refractivity contribution in [2.75, 3.05) is 18.5 Å². The number of amides is 1. The number of hydrogen-bond donors (Lipinski definition) is 2. The number of aliphatic carboxylic acids is 1. The third kappa shape index (κ3) is 6.71. The van der Waals surface area contributed by atoms with Crippen LogP contribution in [0.1, 0.15) is 58.0 Å². The van der Waals surface area contributed by atoms with Crippen molar-refractivity contribution in [2.24, 2.45) is 0 Å². The Morgan fingerprint density at radius 1 is 1.29 bits per heavy atom. The van der Waals surface area contributed by atoms with Gasteiger partial charge in [-0.15, -0.1) is 22.7 Å². The van der Waals surface area contributed by atoms with Crippen LogP contribution in [-0.2, 0) is 27.2 Å². The molecule has 12 heteroatoms. The molecule has 1 aliphatic rings. The number of likely N-dealkylation sites (tertiary alicyclic amines) is 1. The van der Waals surface area contributed by atoms with Crippen molar-refractivity contribution >= 4 is 67.7 Å². The molecule has 220 valence electrons. The molecule has 2 N–H and O–H groups in total. The summed E-state index contributed by atoms with van der Waals surface area (Å²) in [6, 6.07) is 9.87. The van der Waals surface area contributed by atoms with Crippen molar-refractivity contribution < 1.29 is 28.6 Å². The van der Waals surface area contributed by atoms with E-state index in [-0.39, 0.29) is 47.5 Å². The summed E-state index contributed by atoms with van der Waals surface area (Å²) in [6.45, 7) is 2.69. The molecule has 1 saturated heterocycles. The molecule has 8 nitrogen and oxygen atoms in total. The number of carbonyl (C=O) groups excluding carboxylic acids is 2. The van der Waals surface area contributed by atoms with Gasteiger partial charge < -0.3 is 15.2 Å². The number of aromatic nitrogens is 1. The highest BCUT2D eigenvalue weighted by molar-refractivity contribution is 7.17. The Hall–Kier alpha value is -3.22. The van der Waals surface area contributed by atoms with Gasteiger partial charge in [0.1, 0.15) is 10.8 Å². The number of rotatable bonds is 12. The van der Waals surface area contributed by atoms with E-state index in [1.165, 1.54) is 28.7 Å².